The fraction of sp³-hybridized carbons (Fsp3) is 0. The first-order chi connectivity index (χ1) is 20.3. The Hall–Kier alpha value is -5.40. The first kappa shape index (κ1) is 22.4. The van der Waals surface area contributed by atoms with Crippen molar-refractivity contribution < 1.29 is 4.74 Å². The van der Waals surface area contributed by atoms with Crippen molar-refractivity contribution in [3.05, 3.63) is 146 Å². The van der Waals surface area contributed by atoms with Crippen LogP contribution in [0.25, 0.3) is 76.5 Å². The van der Waals surface area contributed by atoms with E-state index in [2.05, 4.69) is 146 Å². The fourth-order valence-corrected chi connectivity index (χ4v) is 6.73. The largest absolute Gasteiger partial charge is 0.456 e. The van der Waals surface area contributed by atoms with Crippen LogP contribution >= 0.6 is 0 Å². The number of hydrogen-bond acceptors (Lipinski definition) is 1. The predicted molar refractivity (Wildman–Crippen MR) is 173 cm³/mol. The van der Waals surface area contributed by atoms with Gasteiger partial charge in [0, 0.05) is 10.9 Å². The highest BCUT2D eigenvalue weighted by Crippen LogP contribution is 2.50. The van der Waals surface area contributed by atoms with Gasteiger partial charge in [0.2, 0.25) is 0 Å². The molecule has 0 amide bonds. The minimum absolute atomic E-state index is 0.899. The number of benzene rings is 8. The number of hydrogen-bond donors (Lipinski definition) is 0. The zero-order valence-corrected chi connectivity index (χ0v) is 22.3. The summed E-state index contributed by atoms with van der Waals surface area (Å²) in [6, 6.07) is 52.6. The lowest BCUT2D eigenvalue weighted by atomic mass is 9.87. The highest BCUT2D eigenvalue weighted by molar-refractivity contribution is 6.21. The van der Waals surface area contributed by atoms with Crippen LogP contribution in [0.2, 0.25) is 0 Å². The van der Waals surface area contributed by atoms with Crippen molar-refractivity contribution in [3.8, 4) is 44.9 Å². The molecular formula is C40H24O. The molecule has 0 saturated carbocycles. The predicted octanol–water partition coefficient (Wildman–Crippen LogP) is 11.4. The molecule has 0 fully saturated rings. The van der Waals surface area contributed by atoms with Gasteiger partial charge in [0.1, 0.15) is 11.5 Å². The molecule has 0 N–H and O–H groups in total. The van der Waals surface area contributed by atoms with Crippen LogP contribution in [0.3, 0.4) is 0 Å². The van der Waals surface area contributed by atoms with Crippen molar-refractivity contribution in [1.82, 2.24) is 0 Å². The van der Waals surface area contributed by atoms with Gasteiger partial charge in [-0.05, 0) is 95.9 Å². The van der Waals surface area contributed by atoms with E-state index in [-0.39, 0.29) is 0 Å². The smallest absolute Gasteiger partial charge is 0.136 e. The Bertz CT molecular complexity index is 2330. The minimum atomic E-state index is 0.899. The average Bonchev–Trinajstić information content (AvgIpc) is 3.04. The highest BCUT2D eigenvalue weighted by atomic mass is 16.5. The maximum Gasteiger partial charge on any atom is 0.136 e. The van der Waals surface area contributed by atoms with E-state index >= 15 is 0 Å². The molecule has 9 rings (SSSR count). The van der Waals surface area contributed by atoms with Crippen molar-refractivity contribution >= 4 is 43.1 Å². The van der Waals surface area contributed by atoms with E-state index < -0.39 is 0 Å². The van der Waals surface area contributed by atoms with Crippen LogP contribution < -0.4 is 4.74 Å². The fourth-order valence-electron chi connectivity index (χ4n) is 6.73. The first-order valence-electron chi connectivity index (χ1n) is 14.1. The van der Waals surface area contributed by atoms with Crippen molar-refractivity contribution in [2.75, 3.05) is 0 Å². The van der Waals surface area contributed by atoms with Crippen LogP contribution in [0.4, 0.5) is 0 Å². The van der Waals surface area contributed by atoms with Crippen LogP contribution in [0.15, 0.2) is 146 Å². The van der Waals surface area contributed by atoms with Crippen LogP contribution in [-0.4, -0.2) is 0 Å². The molecule has 1 aliphatic rings. The lowest BCUT2D eigenvalue weighted by molar-refractivity contribution is 0.487. The lowest BCUT2D eigenvalue weighted by Crippen LogP contribution is -1.98. The molecule has 1 heteroatoms. The van der Waals surface area contributed by atoms with Gasteiger partial charge in [-0.3, -0.25) is 0 Å². The zero-order valence-electron chi connectivity index (χ0n) is 22.3. The van der Waals surface area contributed by atoms with Crippen LogP contribution in [0, 0.1) is 0 Å². The third kappa shape index (κ3) is 3.36. The van der Waals surface area contributed by atoms with E-state index in [0.717, 1.165) is 17.1 Å². The van der Waals surface area contributed by atoms with Gasteiger partial charge in [0.15, 0.2) is 0 Å². The van der Waals surface area contributed by atoms with Crippen molar-refractivity contribution in [2.24, 2.45) is 0 Å². The third-order valence-corrected chi connectivity index (χ3v) is 8.60. The summed E-state index contributed by atoms with van der Waals surface area (Å²) in [6.45, 7) is 0. The Kier molecular flexibility index (Phi) is 4.67. The van der Waals surface area contributed by atoms with E-state index in [1.165, 1.54) is 70.9 Å². The molecule has 8 aromatic rings. The Balaban J connectivity index is 1.32. The maximum atomic E-state index is 6.70. The van der Waals surface area contributed by atoms with E-state index in [0.29, 0.717) is 0 Å². The van der Waals surface area contributed by atoms with Gasteiger partial charge in [-0.2, -0.15) is 0 Å². The molecule has 0 saturated heterocycles. The number of ether oxygens (including phenoxy) is 1. The normalized spacial score (nSPS) is 12.1. The molecule has 1 aliphatic heterocycles. The Morgan fingerprint density at radius 2 is 1.12 bits per heavy atom. The second kappa shape index (κ2) is 8.55. The zero-order chi connectivity index (χ0) is 26.9. The quantitative estimate of drug-likeness (QED) is 0.163. The van der Waals surface area contributed by atoms with Crippen LogP contribution in [0.5, 0.6) is 11.5 Å². The molecule has 0 aliphatic carbocycles. The Morgan fingerprint density at radius 3 is 2.02 bits per heavy atom. The molecule has 190 valence electrons. The number of fused-ring (bicyclic) bond motifs is 6. The molecular weight excluding hydrogens is 496 g/mol. The molecule has 0 spiro atoms. The summed E-state index contributed by atoms with van der Waals surface area (Å²) in [7, 11) is 0. The summed E-state index contributed by atoms with van der Waals surface area (Å²) in [5, 5.41) is 9.93. The minimum Gasteiger partial charge on any atom is -0.456 e. The standard InChI is InChI=1S/C40H24O/c1-2-9-25(10-3-1)27-18-20-37-36(22-27)33-16-8-13-29-21-30(24-38(41-37)40(29)33)39-32-15-7-5-12-28(32)23-35-31-14-6-4-11-26(31)17-19-34(35)39/h1-24H. The van der Waals surface area contributed by atoms with Gasteiger partial charge in [0.25, 0.3) is 0 Å². The molecule has 1 heterocycles. The molecule has 0 unspecified atom stereocenters. The SMILES string of the molecule is c1ccc(-c2ccc3c(c2)-c2cccc4cc(-c5c6ccccc6cc6c5ccc5ccccc56)cc(c24)O3)cc1. The topological polar surface area (TPSA) is 9.23 Å². The monoisotopic (exact) mass is 520 g/mol. The van der Waals surface area contributed by atoms with Crippen molar-refractivity contribution in [3.63, 3.8) is 0 Å². The molecule has 0 atom stereocenters. The van der Waals surface area contributed by atoms with Gasteiger partial charge in [0.05, 0.1) is 0 Å². The van der Waals surface area contributed by atoms with Gasteiger partial charge in [-0.15, -0.1) is 0 Å². The van der Waals surface area contributed by atoms with Crippen LogP contribution in [-0.2, 0) is 0 Å². The lowest BCUT2D eigenvalue weighted by Gasteiger charge is -2.23. The summed E-state index contributed by atoms with van der Waals surface area (Å²) in [5.41, 5.74) is 7.18. The summed E-state index contributed by atoms with van der Waals surface area (Å²) >= 11 is 0. The van der Waals surface area contributed by atoms with Crippen LogP contribution in [0.1, 0.15) is 0 Å². The first-order valence-corrected chi connectivity index (χ1v) is 14.1. The van der Waals surface area contributed by atoms with Gasteiger partial charge in [-0.25, -0.2) is 0 Å². The summed E-state index contributed by atoms with van der Waals surface area (Å²) in [4.78, 5) is 0. The van der Waals surface area contributed by atoms with E-state index in [9.17, 15) is 0 Å². The second-order valence-corrected chi connectivity index (χ2v) is 10.9. The Labute approximate surface area is 237 Å². The van der Waals surface area contributed by atoms with E-state index in [1.54, 1.807) is 0 Å². The molecule has 0 radical (unpaired) electrons. The van der Waals surface area contributed by atoms with Gasteiger partial charge in [-0.1, -0.05) is 115 Å². The molecule has 8 aromatic carbocycles. The molecule has 41 heavy (non-hydrogen) atoms. The maximum absolute atomic E-state index is 6.70. The number of rotatable bonds is 2. The van der Waals surface area contributed by atoms with Gasteiger partial charge >= 0.3 is 0 Å². The summed E-state index contributed by atoms with van der Waals surface area (Å²) in [6.07, 6.45) is 0. The van der Waals surface area contributed by atoms with Gasteiger partial charge < -0.3 is 4.74 Å². The molecule has 0 aromatic heterocycles. The van der Waals surface area contributed by atoms with Crippen molar-refractivity contribution in [1.29, 1.82) is 0 Å². The average molecular weight is 521 g/mol. The van der Waals surface area contributed by atoms with E-state index in [1.807, 2.05) is 0 Å². The summed E-state index contributed by atoms with van der Waals surface area (Å²) in [5.74, 6) is 1.81. The highest BCUT2D eigenvalue weighted by Gasteiger charge is 2.23. The Morgan fingerprint density at radius 1 is 0.341 bits per heavy atom. The van der Waals surface area contributed by atoms with E-state index in [4.69, 9.17) is 4.74 Å². The molecule has 0 bridgehead atoms. The molecule has 1 nitrogen and oxygen atoms in total. The third-order valence-electron chi connectivity index (χ3n) is 8.60. The van der Waals surface area contributed by atoms with Crippen molar-refractivity contribution in [2.45, 2.75) is 0 Å². The second-order valence-electron chi connectivity index (χ2n) is 10.9. The summed E-state index contributed by atoms with van der Waals surface area (Å²) < 4.78 is 6.70.